The van der Waals surface area contributed by atoms with Crippen molar-refractivity contribution >= 4 is 33.2 Å². The quantitative estimate of drug-likeness (QED) is 0.0936. The van der Waals surface area contributed by atoms with Gasteiger partial charge in [0.2, 0.25) is 17.5 Å². The minimum Gasteiger partial charge on any atom is -0.478 e. The number of carboxylic acids is 1. The molecule has 5 rings (SSSR count). The highest BCUT2D eigenvalue weighted by atomic mass is 32.2. The molecule has 0 fully saturated rings. The maximum atomic E-state index is 13.6. The summed E-state index contributed by atoms with van der Waals surface area (Å²) in [5.41, 5.74) is 5.12. The van der Waals surface area contributed by atoms with E-state index in [2.05, 4.69) is 61.5 Å². The largest absolute Gasteiger partial charge is 0.478 e. The van der Waals surface area contributed by atoms with Crippen LogP contribution in [0.4, 0.5) is 5.95 Å². The number of benzene rings is 2. The highest BCUT2D eigenvalue weighted by Gasteiger charge is 2.26. The van der Waals surface area contributed by atoms with Gasteiger partial charge in [0.1, 0.15) is 17.9 Å². The highest BCUT2D eigenvalue weighted by Crippen LogP contribution is 2.35. The Hall–Kier alpha value is -4.92. The molecule has 0 aliphatic carbocycles. The van der Waals surface area contributed by atoms with Crippen molar-refractivity contribution in [1.82, 2.24) is 25.3 Å². The predicted molar refractivity (Wildman–Crippen MR) is 212 cm³/mol. The van der Waals surface area contributed by atoms with Crippen LogP contribution in [0.15, 0.2) is 64.0 Å². The zero-order valence-electron chi connectivity index (χ0n) is 33.3. The molecule has 0 unspecified atom stereocenters. The van der Waals surface area contributed by atoms with Crippen LogP contribution in [0.5, 0.6) is 5.88 Å². The first-order chi connectivity index (χ1) is 25.7. The summed E-state index contributed by atoms with van der Waals surface area (Å²) in [7, 11) is -4.31. The lowest BCUT2D eigenvalue weighted by Gasteiger charge is -2.27. The minimum absolute atomic E-state index is 0.0246. The van der Waals surface area contributed by atoms with Gasteiger partial charge in [0.05, 0.1) is 40.8 Å². The molecule has 294 valence electrons. The number of ether oxygens (including phenoxy) is 2. The van der Waals surface area contributed by atoms with Crippen LogP contribution in [0.25, 0.3) is 22.5 Å². The van der Waals surface area contributed by atoms with Gasteiger partial charge in [-0.25, -0.2) is 32.9 Å². The number of aryl methyl sites for hydroxylation is 1. The summed E-state index contributed by atoms with van der Waals surface area (Å²) in [6.07, 6.45) is 2.41. The van der Waals surface area contributed by atoms with E-state index in [0.717, 1.165) is 40.6 Å². The topological polar surface area (TPSA) is 179 Å². The highest BCUT2D eigenvalue weighted by molar-refractivity contribution is 7.92. The molecule has 0 bridgehead atoms. The zero-order valence-corrected chi connectivity index (χ0v) is 34.1. The van der Waals surface area contributed by atoms with Crippen LogP contribution in [0.2, 0.25) is 0 Å². The number of nitrogens with zero attached hydrogens (tertiary/aromatic N) is 4. The first-order valence-electron chi connectivity index (χ1n) is 18.3. The fraction of sp³-hybridized carbons (Fsp3) is 0.439. The van der Waals surface area contributed by atoms with Crippen molar-refractivity contribution in [2.24, 2.45) is 5.41 Å². The summed E-state index contributed by atoms with van der Waals surface area (Å²) in [5.74, 6) is -0.476. The maximum absolute atomic E-state index is 13.6. The second-order valence-corrected chi connectivity index (χ2v) is 18.0. The van der Waals surface area contributed by atoms with Crippen LogP contribution in [0.1, 0.15) is 100 Å². The van der Waals surface area contributed by atoms with Gasteiger partial charge < -0.3 is 24.3 Å². The summed E-state index contributed by atoms with van der Waals surface area (Å²) in [6, 6.07) is 12.7. The van der Waals surface area contributed by atoms with Crippen molar-refractivity contribution in [1.29, 1.82) is 0 Å². The van der Waals surface area contributed by atoms with E-state index in [-0.39, 0.29) is 51.9 Å². The van der Waals surface area contributed by atoms with E-state index in [9.17, 15) is 18.3 Å². The molecule has 1 atom stereocenters. The van der Waals surface area contributed by atoms with Crippen molar-refractivity contribution in [3.63, 3.8) is 0 Å². The lowest BCUT2D eigenvalue weighted by molar-refractivity contribution is 0.0659. The van der Waals surface area contributed by atoms with Gasteiger partial charge in [0, 0.05) is 35.2 Å². The fourth-order valence-electron chi connectivity index (χ4n) is 6.02. The lowest BCUT2D eigenvalue weighted by atomic mass is 9.88. The van der Waals surface area contributed by atoms with E-state index in [1.165, 1.54) is 18.2 Å². The lowest BCUT2D eigenvalue weighted by Crippen LogP contribution is -2.38. The number of aromatic carboxylic acids is 1. The Morgan fingerprint density at radius 3 is 2.38 bits per heavy atom. The Balaban J connectivity index is 1.50. The van der Waals surface area contributed by atoms with Crippen LogP contribution in [-0.4, -0.2) is 58.2 Å². The molecule has 3 aromatic heterocycles. The van der Waals surface area contributed by atoms with Crippen molar-refractivity contribution in [2.45, 2.75) is 111 Å². The van der Waals surface area contributed by atoms with Crippen molar-refractivity contribution in [3.05, 3.63) is 88.4 Å². The Morgan fingerprint density at radius 2 is 1.71 bits per heavy atom. The number of furan rings is 1. The van der Waals surface area contributed by atoms with Gasteiger partial charge in [0.15, 0.2) is 0 Å². The summed E-state index contributed by atoms with van der Waals surface area (Å²) < 4.78 is 48.2. The zero-order chi connectivity index (χ0) is 40.3. The molecule has 0 radical (unpaired) electrons. The summed E-state index contributed by atoms with van der Waals surface area (Å²) in [4.78, 5) is 30.0. The van der Waals surface area contributed by atoms with Gasteiger partial charge >= 0.3 is 5.97 Å². The van der Waals surface area contributed by atoms with Gasteiger partial charge in [-0.05, 0) is 68.9 Å². The molecule has 0 spiro atoms. The van der Waals surface area contributed by atoms with Crippen molar-refractivity contribution in [2.75, 3.05) is 11.3 Å². The van der Waals surface area contributed by atoms with E-state index >= 15 is 0 Å². The molecule has 5 aromatic rings. The second-order valence-electron chi connectivity index (χ2n) is 16.3. The molecule has 13 nitrogen and oxygen atoms in total. The molecule has 3 N–H and O–H groups in total. The Morgan fingerprint density at radius 1 is 0.982 bits per heavy atom. The molecule has 0 amide bonds. The van der Waals surface area contributed by atoms with Gasteiger partial charge in [-0.15, -0.1) is 0 Å². The number of anilines is 1. The first kappa shape index (κ1) is 41.2. The number of sulfonamides is 1. The monoisotopic (exact) mass is 772 g/mol. The molecular weight excluding hydrogens is 721 g/mol. The molecule has 14 heteroatoms. The van der Waals surface area contributed by atoms with Crippen LogP contribution in [0.3, 0.4) is 0 Å². The third-order valence-electron chi connectivity index (χ3n) is 8.77. The van der Waals surface area contributed by atoms with E-state index < -0.39 is 16.0 Å². The number of aromatic nitrogens is 4. The van der Waals surface area contributed by atoms with E-state index in [0.29, 0.717) is 35.6 Å². The Labute approximate surface area is 323 Å². The summed E-state index contributed by atoms with van der Waals surface area (Å²) >= 11 is 0. The van der Waals surface area contributed by atoms with Crippen molar-refractivity contribution < 1.29 is 32.2 Å². The summed E-state index contributed by atoms with van der Waals surface area (Å²) in [6.45, 7) is 21.3. The number of carboxylic acid groups (broad SMARTS) is 1. The van der Waals surface area contributed by atoms with Crippen LogP contribution in [0, 0.1) is 19.3 Å². The Kier molecular flexibility index (Phi) is 12.3. The van der Waals surface area contributed by atoms with Crippen molar-refractivity contribution in [3.8, 4) is 17.1 Å². The molecule has 0 aliphatic heterocycles. The molecule has 0 saturated heterocycles. The number of hydrogen-bond donors (Lipinski definition) is 3. The third-order valence-corrected chi connectivity index (χ3v) is 10.1. The molecule has 3 heterocycles. The average Bonchev–Trinajstić information content (AvgIpc) is 3.54. The van der Waals surface area contributed by atoms with Gasteiger partial charge in [-0.2, -0.15) is 4.98 Å². The number of carbonyl (C=O) groups is 1. The van der Waals surface area contributed by atoms with Gasteiger partial charge in [0.25, 0.3) is 10.0 Å². The summed E-state index contributed by atoms with van der Waals surface area (Å²) in [5, 5.41) is 13.1. The molecule has 0 aliphatic rings. The molecule has 55 heavy (non-hydrogen) atoms. The molecule has 0 saturated carbocycles. The number of fused-ring (bicyclic) bond motifs is 1. The third kappa shape index (κ3) is 10.6. The fourth-order valence-corrected chi connectivity index (χ4v) is 7.01. The number of rotatable bonds is 15. The van der Waals surface area contributed by atoms with Crippen LogP contribution in [-0.2, 0) is 33.3 Å². The van der Waals surface area contributed by atoms with E-state index in [1.807, 2.05) is 52.0 Å². The standard InChI is InChI=1S/C41H52N6O7S/c1-24(2)52-22-28-15-11-13-25(3)34(28)35-26(4)36(46-39(45-35)47-55(50,51)31-16-12-14-27(17-31)38(48)49)53-23-29(19-40(5,6)7)42-20-30-21-43-37-32(44-30)18-33(54-37)41(8,9)10/h11-18,21,24,29,42H,19-20,22-23H2,1-10H3,(H,48,49)(H,45,46,47)/t29-/m1/s1. The first-order valence-corrected chi connectivity index (χ1v) is 19.8. The molecule has 2 aromatic carbocycles. The van der Waals surface area contributed by atoms with E-state index in [1.54, 1.807) is 6.20 Å². The SMILES string of the molecule is Cc1cccc(COC(C)C)c1-c1nc(NS(=O)(=O)c2cccc(C(=O)O)c2)nc(OC[C@@H](CC(C)(C)C)NCc2cnc3oc(C(C)(C)C)cc3n2)c1C. The number of hydrogen-bond acceptors (Lipinski definition) is 11. The van der Waals surface area contributed by atoms with E-state index in [4.69, 9.17) is 23.9 Å². The van der Waals surface area contributed by atoms with Crippen LogP contribution < -0.4 is 14.8 Å². The van der Waals surface area contributed by atoms with Gasteiger partial charge in [-0.1, -0.05) is 65.8 Å². The predicted octanol–water partition coefficient (Wildman–Crippen LogP) is 7.99. The normalized spacial score (nSPS) is 13.0. The number of nitrogens with one attached hydrogen (secondary N) is 2. The Bertz CT molecular complexity index is 2270. The maximum Gasteiger partial charge on any atom is 0.335 e. The molecular formula is C41H52N6O7S. The van der Waals surface area contributed by atoms with Gasteiger partial charge in [-0.3, -0.25) is 0 Å². The smallest absolute Gasteiger partial charge is 0.335 e. The average molecular weight is 773 g/mol. The van der Waals surface area contributed by atoms with Crippen LogP contribution >= 0.6 is 0 Å². The second kappa shape index (κ2) is 16.4. The minimum atomic E-state index is -4.31.